The zero-order valence-corrected chi connectivity index (χ0v) is 15.0. The van der Waals surface area contributed by atoms with E-state index in [4.69, 9.17) is 5.11 Å². The summed E-state index contributed by atoms with van der Waals surface area (Å²) in [6.45, 7) is 5.11. The van der Waals surface area contributed by atoms with Gasteiger partial charge in [-0.2, -0.15) is 0 Å². The fourth-order valence-corrected chi connectivity index (χ4v) is 3.88. The summed E-state index contributed by atoms with van der Waals surface area (Å²) >= 11 is 1.52. The lowest BCUT2D eigenvalue weighted by molar-refractivity contribution is -0.139. The topological polar surface area (TPSA) is 82.5 Å². The molecule has 1 aromatic heterocycles. The van der Waals surface area contributed by atoms with Gasteiger partial charge in [0.15, 0.2) is 0 Å². The summed E-state index contributed by atoms with van der Waals surface area (Å²) in [5, 5.41) is 14.9. The van der Waals surface area contributed by atoms with Crippen LogP contribution >= 0.6 is 11.3 Å². The van der Waals surface area contributed by atoms with Crippen LogP contribution in [0.3, 0.4) is 0 Å². The van der Waals surface area contributed by atoms with Gasteiger partial charge in [-0.05, 0) is 31.6 Å². The van der Waals surface area contributed by atoms with E-state index >= 15 is 0 Å². The standard InChI is InChI=1S/C17H25N3O3S/c1-10(2)17-19-14(9-24-17)16(23)18-12-5-13(6-12)20(8-15(21)22)7-11-3-4-11/h9-13H,3-8H2,1-2H3,(H,18,23)(H,21,22). The Morgan fingerprint density at radius 3 is 2.67 bits per heavy atom. The van der Waals surface area contributed by atoms with Crippen molar-refractivity contribution < 1.29 is 14.7 Å². The van der Waals surface area contributed by atoms with Crippen molar-refractivity contribution in [3.05, 3.63) is 16.1 Å². The molecule has 0 saturated heterocycles. The van der Waals surface area contributed by atoms with Gasteiger partial charge in [0.25, 0.3) is 5.91 Å². The second-order valence-electron chi connectivity index (χ2n) is 7.29. The predicted octanol–water partition coefficient (Wildman–Crippen LogP) is 2.32. The van der Waals surface area contributed by atoms with E-state index in [1.165, 1.54) is 24.2 Å². The van der Waals surface area contributed by atoms with Gasteiger partial charge in [-0.15, -0.1) is 11.3 Å². The third-order valence-corrected chi connectivity index (χ3v) is 5.89. The molecule has 1 aromatic rings. The number of rotatable bonds is 8. The SMILES string of the molecule is CC(C)c1nc(C(=O)NC2CC(N(CC(=O)O)CC3CC3)C2)cs1. The number of nitrogens with zero attached hydrogens (tertiary/aromatic N) is 2. The minimum atomic E-state index is -0.771. The minimum Gasteiger partial charge on any atom is -0.480 e. The van der Waals surface area contributed by atoms with Crippen molar-refractivity contribution in [1.82, 2.24) is 15.2 Å². The number of aromatic nitrogens is 1. The average molecular weight is 351 g/mol. The number of carbonyl (C=O) groups is 2. The quantitative estimate of drug-likeness (QED) is 0.751. The molecule has 1 amide bonds. The first kappa shape index (κ1) is 17.4. The Labute approximate surface area is 146 Å². The minimum absolute atomic E-state index is 0.103. The Balaban J connectivity index is 1.47. The van der Waals surface area contributed by atoms with Gasteiger partial charge in [-0.1, -0.05) is 13.8 Å². The molecule has 0 aliphatic heterocycles. The number of carbonyl (C=O) groups excluding carboxylic acids is 1. The van der Waals surface area contributed by atoms with Crippen LogP contribution in [0, 0.1) is 5.92 Å². The average Bonchev–Trinajstić information content (AvgIpc) is 3.13. The number of nitrogens with one attached hydrogen (secondary N) is 1. The first-order valence-corrected chi connectivity index (χ1v) is 9.52. The van der Waals surface area contributed by atoms with Crippen molar-refractivity contribution in [2.24, 2.45) is 5.92 Å². The summed E-state index contributed by atoms with van der Waals surface area (Å²) < 4.78 is 0. The van der Waals surface area contributed by atoms with Gasteiger partial charge >= 0.3 is 5.97 Å². The molecule has 0 spiro atoms. The number of thiazole rings is 1. The molecule has 0 aromatic carbocycles. The Morgan fingerprint density at radius 1 is 1.42 bits per heavy atom. The lowest BCUT2D eigenvalue weighted by Gasteiger charge is -2.42. The fourth-order valence-electron chi connectivity index (χ4n) is 3.07. The summed E-state index contributed by atoms with van der Waals surface area (Å²) in [6, 6.07) is 0.399. The maximum atomic E-state index is 12.3. The smallest absolute Gasteiger partial charge is 0.317 e. The largest absolute Gasteiger partial charge is 0.480 e. The molecular weight excluding hydrogens is 326 g/mol. The Bertz CT molecular complexity index is 606. The highest BCUT2D eigenvalue weighted by Crippen LogP contribution is 2.33. The Kier molecular flexibility index (Phi) is 5.20. The maximum Gasteiger partial charge on any atom is 0.317 e. The summed E-state index contributed by atoms with van der Waals surface area (Å²) in [5.74, 6) is 0.111. The molecule has 132 valence electrons. The Hall–Kier alpha value is -1.47. The molecule has 0 radical (unpaired) electrons. The molecule has 0 atom stereocenters. The molecule has 0 unspecified atom stereocenters. The normalized spacial score (nSPS) is 23.3. The van der Waals surface area contributed by atoms with Crippen LogP contribution in [0.4, 0.5) is 0 Å². The first-order chi connectivity index (χ1) is 11.4. The van der Waals surface area contributed by atoms with Crippen LogP contribution in [0.15, 0.2) is 5.38 Å². The van der Waals surface area contributed by atoms with E-state index in [2.05, 4.69) is 29.0 Å². The van der Waals surface area contributed by atoms with Crippen molar-refractivity contribution in [1.29, 1.82) is 0 Å². The van der Waals surface area contributed by atoms with Crippen LogP contribution in [-0.4, -0.2) is 52.0 Å². The molecule has 0 bridgehead atoms. The van der Waals surface area contributed by atoms with Gasteiger partial charge in [0.05, 0.1) is 11.6 Å². The fraction of sp³-hybridized carbons (Fsp3) is 0.706. The van der Waals surface area contributed by atoms with Crippen molar-refractivity contribution in [2.75, 3.05) is 13.1 Å². The molecule has 2 saturated carbocycles. The summed E-state index contributed by atoms with van der Waals surface area (Å²) in [6.07, 6.45) is 4.08. The van der Waals surface area contributed by atoms with Crippen LogP contribution in [0.5, 0.6) is 0 Å². The van der Waals surface area contributed by atoms with Gasteiger partial charge in [0.1, 0.15) is 5.69 Å². The molecule has 7 heteroatoms. The number of hydrogen-bond donors (Lipinski definition) is 2. The Morgan fingerprint density at radius 2 is 2.12 bits per heavy atom. The highest BCUT2D eigenvalue weighted by atomic mass is 32.1. The van der Waals surface area contributed by atoms with Gasteiger partial charge in [-0.25, -0.2) is 4.98 Å². The van der Waals surface area contributed by atoms with Crippen LogP contribution in [0.2, 0.25) is 0 Å². The monoisotopic (exact) mass is 351 g/mol. The summed E-state index contributed by atoms with van der Waals surface area (Å²) in [4.78, 5) is 29.7. The molecule has 1 heterocycles. The van der Waals surface area contributed by atoms with Crippen LogP contribution in [-0.2, 0) is 4.79 Å². The lowest BCUT2D eigenvalue weighted by atomic mass is 9.85. The van der Waals surface area contributed by atoms with Crippen molar-refractivity contribution in [2.45, 2.75) is 57.5 Å². The zero-order valence-electron chi connectivity index (χ0n) is 14.2. The van der Waals surface area contributed by atoms with Gasteiger partial charge in [-0.3, -0.25) is 14.5 Å². The van der Waals surface area contributed by atoms with E-state index in [-0.39, 0.29) is 24.5 Å². The highest BCUT2D eigenvalue weighted by Gasteiger charge is 2.38. The van der Waals surface area contributed by atoms with Crippen molar-refractivity contribution in [3.63, 3.8) is 0 Å². The van der Waals surface area contributed by atoms with Crippen LogP contribution < -0.4 is 5.32 Å². The highest BCUT2D eigenvalue weighted by molar-refractivity contribution is 7.09. The molecule has 3 rings (SSSR count). The number of carboxylic acids is 1. The second-order valence-corrected chi connectivity index (χ2v) is 8.18. The van der Waals surface area contributed by atoms with Crippen LogP contribution in [0.25, 0.3) is 0 Å². The van der Waals surface area contributed by atoms with E-state index in [0.717, 1.165) is 24.4 Å². The summed E-state index contributed by atoms with van der Waals surface area (Å²) in [7, 11) is 0. The predicted molar refractivity (Wildman–Crippen MR) is 92.4 cm³/mol. The second kappa shape index (κ2) is 7.19. The first-order valence-electron chi connectivity index (χ1n) is 8.64. The molecular formula is C17H25N3O3S. The maximum absolute atomic E-state index is 12.3. The third-order valence-electron chi connectivity index (χ3n) is 4.74. The molecule has 24 heavy (non-hydrogen) atoms. The summed E-state index contributed by atoms with van der Waals surface area (Å²) in [5.41, 5.74) is 0.493. The van der Waals surface area contributed by atoms with Gasteiger partial charge in [0, 0.05) is 29.9 Å². The third kappa shape index (κ3) is 4.33. The molecule has 6 nitrogen and oxygen atoms in total. The van der Waals surface area contributed by atoms with Crippen molar-refractivity contribution in [3.8, 4) is 0 Å². The van der Waals surface area contributed by atoms with E-state index in [0.29, 0.717) is 17.5 Å². The molecule has 2 N–H and O–H groups in total. The van der Waals surface area contributed by atoms with Crippen molar-refractivity contribution >= 4 is 23.2 Å². The van der Waals surface area contributed by atoms with Crippen LogP contribution in [0.1, 0.15) is 60.9 Å². The molecule has 2 aliphatic rings. The number of amides is 1. The zero-order chi connectivity index (χ0) is 17.3. The van der Waals surface area contributed by atoms with E-state index in [1.807, 2.05) is 5.38 Å². The van der Waals surface area contributed by atoms with E-state index in [9.17, 15) is 9.59 Å². The van der Waals surface area contributed by atoms with E-state index < -0.39 is 5.97 Å². The number of hydrogen-bond acceptors (Lipinski definition) is 5. The number of carboxylic acid groups (broad SMARTS) is 1. The lowest BCUT2D eigenvalue weighted by Crippen LogP contribution is -2.55. The number of aliphatic carboxylic acids is 1. The molecule has 2 aliphatic carbocycles. The van der Waals surface area contributed by atoms with Gasteiger partial charge < -0.3 is 10.4 Å². The van der Waals surface area contributed by atoms with Gasteiger partial charge in [0.2, 0.25) is 0 Å². The van der Waals surface area contributed by atoms with E-state index in [1.54, 1.807) is 0 Å². The molecule has 2 fully saturated rings.